The highest BCUT2D eigenvalue weighted by Crippen LogP contribution is 2.21. The predicted molar refractivity (Wildman–Crippen MR) is 98.7 cm³/mol. The quantitative estimate of drug-likeness (QED) is 0.454. The summed E-state index contributed by atoms with van der Waals surface area (Å²) in [5, 5.41) is 3.92. The first kappa shape index (κ1) is 18.5. The number of carbonyl (C=O) groups is 1. The fourth-order valence-corrected chi connectivity index (χ4v) is 2.32. The summed E-state index contributed by atoms with van der Waals surface area (Å²) < 4.78 is 5.95. The van der Waals surface area contributed by atoms with Crippen molar-refractivity contribution in [2.75, 3.05) is 6.61 Å². The lowest BCUT2D eigenvalue weighted by atomic mass is 10.0. The summed E-state index contributed by atoms with van der Waals surface area (Å²) in [5.74, 6) is 0.185. The maximum atomic E-state index is 11.8. The molecule has 2 rings (SSSR count). The molecule has 0 aliphatic carbocycles. The fraction of sp³-hybridized carbons (Fsp3) is 0.300. The zero-order valence-corrected chi connectivity index (χ0v) is 14.9. The van der Waals surface area contributed by atoms with E-state index in [-0.39, 0.29) is 5.71 Å². The van der Waals surface area contributed by atoms with Crippen LogP contribution in [0.25, 0.3) is 0 Å². The van der Waals surface area contributed by atoms with Gasteiger partial charge in [-0.1, -0.05) is 48.5 Å². The van der Waals surface area contributed by atoms with Gasteiger partial charge in [0.2, 0.25) is 0 Å². The Labute approximate surface area is 148 Å². The van der Waals surface area contributed by atoms with Crippen LogP contribution in [0.5, 0.6) is 5.75 Å². The van der Waals surface area contributed by atoms with Crippen LogP contribution in [-0.2, 0) is 16.2 Å². The van der Waals surface area contributed by atoms with Crippen LogP contribution in [0.1, 0.15) is 35.6 Å². The minimum atomic E-state index is -0.629. The first-order valence-electron chi connectivity index (χ1n) is 8.31. The molecule has 0 aliphatic rings. The van der Waals surface area contributed by atoms with Crippen LogP contribution in [0.2, 0.25) is 0 Å². The molecule has 0 aromatic heterocycles. The Balaban J connectivity index is 2.26. The number of ether oxygens (including phenoxy) is 1. The lowest BCUT2D eigenvalue weighted by molar-refractivity contribution is -0.112. The zero-order chi connectivity index (χ0) is 18.2. The number of hydrogen-bond acceptors (Lipinski definition) is 4. The molecule has 2 N–H and O–H groups in total. The van der Waals surface area contributed by atoms with Gasteiger partial charge < -0.3 is 15.3 Å². The van der Waals surface area contributed by atoms with E-state index in [4.69, 9.17) is 15.3 Å². The number of amides is 1. The number of nitrogens with two attached hydrogens (primary N) is 1. The maximum absolute atomic E-state index is 11.8. The highest BCUT2D eigenvalue weighted by atomic mass is 16.6. The number of rotatable bonds is 8. The molecule has 0 bridgehead atoms. The van der Waals surface area contributed by atoms with Gasteiger partial charge in [0, 0.05) is 5.56 Å². The lowest BCUT2D eigenvalue weighted by Crippen LogP contribution is -2.26. The molecule has 25 heavy (non-hydrogen) atoms. The molecule has 0 heterocycles. The van der Waals surface area contributed by atoms with E-state index in [1.165, 1.54) is 0 Å². The van der Waals surface area contributed by atoms with Crippen LogP contribution in [0, 0.1) is 13.8 Å². The Bertz CT molecular complexity index is 769. The van der Waals surface area contributed by atoms with E-state index < -0.39 is 5.91 Å². The molecule has 1 amide bonds. The van der Waals surface area contributed by atoms with Crippen molar-refractivity contribution >= 4 is 11.6 Å². The van der Waals surface area contributed by atoms with E-state index in [9.17, 15) is 4.79 Å². The lowest BCUT2D eigenvalue weighted by Gasteiger charge is -2.13. The van der Waals surface area contributed by atoms with Crippen molar-refractivity contribution in [2.45, 2.75) is 33.8 Å². The van der Waals surface area contributed by atoms with Gasteiger partial charge in [0.15, 0.2) is 5.71 Å². The molecule has 5 heteroatoms. The summed E-state index contributed by atoms with van der Waals surface area (Å²) in [6.07, 6.45) is 0.799. The van der Waals surface area contributed by atoms with Gasteiger partial charge in [-0.25, -0.2) is 0 Å². The number of aryl methyl sites for hydroxylation is 2. The predicted octanol–water partition coefficient (Wildman–Crippen LogP) is 3.50. The number of benzene rings is 2. The summed E-state index contributed by atoms with van der Waals surface area (Å²) in [6, 6.07) is 13.4. The van der Waals surface area contributed by atoms with Gasteiger partial charge in [-0.2, -0.15) is 0 Å². The SMILES string of the molecule is CCCO/N=C(\C(N)=O)c1ccccc1COc1cc(C)ccc1C. The molecule has 132 valence electrons. The van der Waals surface area contributed by atoms with E-state index in [0.717, 1.165) is 28.9 Å². The number of carbonyl (C=O) groups excluding carboxylic acids is 1. The third-order valence-corrected chi connectivity index (χ3v) is 3.68. The van der Waals surface area contributed by atoms with Crippen molar-refractivity contribution in [1.29, 1.82) is 0 Å². The number of hydrogen-bond donors (Lipinski definition) is 1. The average Bonchev–Trinajstić information content (AvgIpc) is 2.60. The Hall–Kier alpha value is -2.82. The van der Waals surface area contributed by atoms with E-state index in [0.29, 0.717) is 18.8 Å². The normalized spacial score (nSPS) is 11.2. The second-order valence-electron chi connectivity index (χ2n) is 5.85. The van der Waals surface area contributed by atoms with E-state index >= 15 is 0 Å². The van der Waals surface area contributed by atoms with Gasteiger partial charge in [0.1, 0.15) is 19.0 Å². The molecule has 0 radical (unpaired) electrons. The fourth-order valence-electron chi connectivity index (χ4n) is 2.32. The number of oxime groups is 1. The molecule has 0 saturated carbocycles. The maximum Gasteiger partial charge on any atom is 0.271 e. The van der Waals surface area contributed by atoms with Crippen molar-refractivity contribution in [3.63, 3.8) is 0 Å². The molecule has 0 saturated heterocycles. The molecule has 2 aromatic rings. The molecule has 0 aliphatic heterocycles. The topological polar surface area (TPSA) is 73.9 Å². The van der Waals surface area contributed by atoms with Crippen LogP contribution in [0.3, 0.4) is 0 Å². The summed E-state index contributed by atoms with van der Waals surface area (Å²) in [5.41, 5.74) is 9.21. The van der Waals surface area contributed by atoms with E-state index in [2.05, 4.69) is 5.16 Å². The van der Waals surface area contributed by atoms with Gasteiger partial charge in [0.25, 0.3) is 5.91 Å². The summed E-state index contributed by atoms with van der Waals surface area (Å²) >= 11 is 0. The monoisotopic (exact) mass is 340 g/mol. The summed E-state index contributed by atoms with van der Waals surface area (Å²) in [6.45, 7) is 6.71. The van der Waals surface area contributed by atoms with Crippen LogP contribution < -0.4 is 10.5 Å². The standard InChI is InChI=1S/C20H24N2O3/c1-4-11-25-22-19(20(21)23)17-8-6-5-7-16(17)13-24-18-12-14(2)9-10-15(18)3/h5-10,12H,4,11,13H2,1-3H3,(H2,21,23)/b22-19-. The van der Waals surface area contributed by atoms with Crippen LogP contribution in [-0.4, -0.2) is 18.2 Å². The molecule has 0 atom stereocenters. The second-order valence-corrected chi connectivity index (χ2v) is 5.85. The van der Waals surface area contributed by atoms with Crippen molar-refractivity contribution in [2.24, 2.45) is 10.9 Å². The number of nitrogens with zero attached hydrogens (tertiary/aromatic N) is 1. The molecule has 0 spiro atoms. The third-order valence-electron chi connectivity index (χ3n) is 3.68. The summed E-state index contributed by atoms with van der Waals surface area (Å²) in [4.78, 5) is 16.9. The van der Waals surface area contributed by atoms with Crippen molar-refractivity contribution in [3.8, 4) is 5.75 Å². The molecule has 0 fully saturated rings. The highest BCUT2D eigenvalue weighted by molar-refractivity contribution is 6.45. The van der Waals surface area contributed by atoms with E-state index in [1.807, 2.05) is 57.2 Å². The van der Waals surface area contributed by atoms with Gasteiger partial charge in [-0.05, 0) is 43.0 Å². The molecule has 2 aromatic carbocycles. The smallest absolute Gasteiger partial charge is 0.271 e. The largest absolute Gasteiger partial charge is 0.489 e. The van der Waals surface area contributed by atoms with Gasteiger partial charge in [-0.3, -0.25) is 4.79 Å². The Kier molecular flexibility index (Phi) is 6.57. The average molecular weight is 340 g/mol. The summed E-state index contributed by atoms with van der Waals surface area (Å²) in [7, 11) is 0. The van der Waals surface area contributed by atoms with E-state index in [1.54, 1.807) is 6.07 Å². The molecule has 0 unspecified atom stereocenters. The van der Waals surface area contributed by atoms with Crippen LogP contribution in [0.4, 0.5) is 0 Å². The Morgan fingerprint density at radius 1 is 1.16 bits per heavy atom. The van der Waals surface area contributed by atoms with Crippen molar-refractivity contribution in [1.82, 2.24) is 0 Å². The van der Waals surface area contributed by atoms with Gasteiger partial charge >= 0.3 is 0 Å². The number of primary amides is 1. The highest BCUT2D eigenvalue weighted by Gasteiger charge is 2.16. The second kappa shape index (κ2) is 8.87. The minimum absolute atomic E-state index is 0.105. The first-order valence-corrected chi connectivity index (χ1v) is 8.31. The zero-order valence-electron chi connectivity index (χ0n) is 14.9. The van der Waals surface area contributed by atoms with Crippen LogP contribution >= 0.6 is 0 Å². The molecule has 5 nitrogen and oxygen atoms in total. The third kappa shape index (κ3) is 5.08. The van der Waals surface area contributed by atoms with Crippen LogP contribution in [0.15, 0.2) is 47.6 Å². The van der Waals surface area contributed by atoms with Gasteiger partial charge in [-0.15, -0.1) is 0 Å². The minimum Gasteiger partial charge on any atom is -0.489 e. The molecular weight excluding hydrogens is 316 g/mol. The van der Waals surface area contributed by atoms with Gasteiger partial charge in [0.05, 0.1) is 0 Å². The Morgan fingerprint density at radius 3 is 2.64 bits per heavy atom. The van der Waals surface area contributed by atoms with Crippen molar-refractivity contribution < 1.29 is 14.4 Å². The first-order chi connectivity index (χ1) is 12.0. The van der Waals surface area contributed by atoms with Crippen molar-refractivity contribution in [3.05, 3.63) is 64.7 Å². The molecular formula is C20H24N2O3. The Morgan fingerprint density at radius 2 is 1.92 bits per heavy atom.